The average Bonchev–Trinajstić information content (AvgIpc) is 3.29. The Morgan fingerprint density at radius 3 is 2.73 bits per heavy atom. The van der Waals surface area contributed by atoms with Gasteiger partial charge in [-0.05, 0) is 6.07 Å². The number of nitrogens with zero attached hydrogens (tertiary/aromatic N) is 6. The van der Waals surface area contributed by atoms with E-state index in [0.29, 0.717) is 36.0 Å². The van der Waals surface area contributed by atoms with Crippen molar-refractivity contribution in [3.63, 3.8) is 0 Å². The Bertz CT molecular complexity index is 1100. The fourth-order valence-electron chi connectivity index (χ4n) is 3.25. The lowest BCUT2D eigenvalue weighted by Crippen LogP contribution is -2.49. The minimum absolute atomic E-state index is 0.0529. The third kappa shape index (κ3) is 4.14. The maximum absolute atomic E-state index is 12.2. The molecule has 1 aliphatic carbocycles. The number of hydrogen-bond acceptors (Lipinski definition) is 5. The molecule has 30 heavy (non-hydrogen) atoms. The van der Waals surface area contributed by atoms with Crippen LogP contribution in [0, 0.1) is 0 Å². The van der Waals surface area contributed by atoms with E-state index in [1.807, 2.05) is 13.2 Å². The number of ether oxygens (including phenoxy) is 1. The summed E-state index contributed by atoms with van der Waals surface area (Å²) in [6.07, 6.45) is 3.72. The summed E-state index contributed by atoms with van der Waals surface area (Å²) in [5.74, 6) is -0.283. The van der Waals surface area contributed by atoms with Crippen LogP contribution >= 0.6 is 0 Å². The van der Waals surface area contributed by atoms with Gasteiger partial charge in [-0.3, -0.25) is 9.48 Å². The van der Waals surface area contributed by atoms with Crippen LogP contribution in [0.3, 0.4) is 0 Å². The first kappa shape index (κ1) is 19.9. The predicted octanol–water partition coefficient (Wildman–Crippen LogP) is 2.62. The third-order valence-corrected chi connectivity index (χ3v) is 5.02. The van der Waals surface area contributed by atoms with Gasteiger partial charge < -0.3 is 9.64 Å². The number of hydrogen-bond donors (Lipinski definition) is 0. The van der Waals surface area contributed by atoms with Gasteiger partial charge >= 0.3 is 6.18 Å². The van der Waals surface area contributed by atoms with Crippen LogP contribution in [0.5, 0.6) is 5.88 Å². The molecule has 0 atom stereocenters. The van der Waals surface area contributed by atoms with Crippen molar-refractivity contribution < 1.29 is 22.7 Å². The zero-order valence-electron chi connectivity index (χ0n) is 16.2. The van der Waals surface area contributed by atoms with Crippen molar-refractivity contribution in [2.45, 2.75) is 31.2 Å². The molecule has 3 aromatic heterocycles. The number of carbonyl (C=O) groups is 1. The molecular formula is C19H19F3N6O2. The number of amides is 1. The molecule has 3 heterocycles. The molecule has 11 heteroatoms. The van der Waals surface area contributed by atoms with Gasteiger partial charge in [0.15, 0.2) is 0 Å². The molecular weight excluding hydrogens is 401 g/mol. The van der Waals surface area contributed by atoms with Crippen LogP contribution in [-0.2, 0) is 11.8 Å². The summed E-state index contributed by atoms with van der Waals surface area (Å²) in [5, 5.41) is 8.39. The molecule has 0 spiro atoms. The first-order chi connectivity index (χ1) is 14.2. The first-order valence-electron chi connectivity index (χ1n) is 9.22. The van der Waals surface area contributed by atoms with Crippen molar-refractivity contribution in [1.82, 2.24) is 29.3 Å². The molecule has 0 N–H and O–H groups in total. The maximum atomic E-state index is 12.2. The lowest BCUT2D eigenvalue weighted by Gasteiger charge is -2.40. The van der Waals surface area contributed by atoms with Gasteiger partial charge in [-0.25, -0.2) is 9.50 Å². The number of carbonyl (C=O) groups excluding carboxylic acids is 1. The highest BCUT2D eigenvalue weighted by atomic mass is 19.4. The smallest absolute Gasteiger partial charge is 0.409 e. The maximum Gasteiger partial charge on any atom is 0.409 e. The largest absolute Gasteiger partial charge is 0.473 e. The van der Waals surface area contributed by atoms with Gasteiger partial charge in [0.2, 0.25) is 11.8 Å². The van der Waals surface area contributed by atoms with Gasteiger partial charge in [0.05, 0.1) is 24.3 Å². The number of likely N-dealkylation sites (N-methyl/N-ethyl adjacent to an activating group) is 1. The fourth-order valence-corrected chi connectivity index (χ4v) is 3.25. The summed E-state index contributed by atoms with van der Waals surface area (Å²) in [7, 11) is 3.30. The van der Waals surface area contributed by atoms with E-state index < -0.39 is 12.1 Å². The lowest BCUT2D eigenvalue weighted by molar-refractivity contribution is -0.130. The summed E-state index contributed by atoms with van der Waals surface area (Å²) >= 11 is 0. The van der Waals surface area contributed by atoms with E-state index in [2.05, 4.69) is 15.2 Å². The van der Waals surface area contributed by atoms with Crippen molar-refractivity contribution >= 4 is 11.4 Å². The normalized spacial score (nSPS) is 19.2. The van der Waals surface area contributed by atoms with Crippen LogP contribution < -0.4 is 4.74 Å². The molecule has 0 aliphatic heterocycles. The van der Waals surface area contributed by atoms with E-state index >= 15 is 0 Å². The fraction of sp³-hybridized carbons (Fsp3) is 0.368. The number of allylic oxidation sites excluding steroid dienone is 1. The summed E-state index contributed by atoms with van der Waals surface area (Å²) in [5.41, 5.74) is 2.16. The highest BCUT2D eigenvalue weighted by Gasteiger charge is 2.36. The van der Waals surface area contributed by atoms with Gasteiger partial charge in [0.25, 0.3) is 0 Å². The summed E-state index contributed by atoms with van der Waals surface area (Å²) in [6.45, 7) is 0. The summed E-state index contributed by atoms with van der Waals surface area (Å²) in [6, 6.07) is 1.59. The van der Waals surface area contributed by atoms with E-state index in [4.69, 9.17) is 4.74 Å². The molecule has 0 unspecified atom stereocenters. The van der Waals surface area contributed by atoms with Crippen LogP contribution in [0.1, 0.15) is 12.8 Å². The predicted molar refractivity (Wildman–Crippen MR) is 101 cm³/mol. The molecule has 4 rings (SSSR count). The topological polar surface area (TPSA) is 77.6 Å². The Labute approximate surface area is 169 Å². The highest BCUT2D eigenvalue weighted by molar-refractivity contribution is 5.87. The van der Waals surface area contributed by atoms with Crippen LogP contribution in [-0.4, -0.2) is 60.6 Å². The van der Waals surface area contributed by atoms with Crippen molar-refractivity contribution in [3.8, 4) is 17.1 Å². The quantitative estimate of drug-likeness (QED) is 0.593. The Morgan fingerprint density at radius 2 is 2.07 bits per heavy atom. The van der Waals surface area contributed by atoms with Crippen molar-refractivity contribution in [3.05, 3.63) is 43.0 Å². The van der Waals surface area contributed by atoms with E-state index in [-0.39, 0.29) is 18.2 Å². The zero-order valence-corrected chi connectivity index (χ0v) is 16.2. The molecule has 1 amide bonds. The number of halogens is 3. The summed E-state index contributed by atoms with van der Waals surface area (Å²) in [4.78, 5) is 17.8. The molecule has 3 aromatic rings. The standard InChI is InChI=1S/C19H19F3N6O2/c1-26-10-12(9-24-26)15-11-28-16(4-6-23-28)18(25-15)30-14-7-13(8-14)27(2)17(29)3-5-19(20,21)22/h3-6,9-11,13-14H,7-8H2,1-2H3/b5-3+. The van der Waals surface area contributed by atoms with Crippen molar-refractivity contribution in [2.24, 2.45) is 7.05 Å². The molecule has 1 aliphatic rings. The molecule has 1 saturated carbocycles. The monoisotopic (exact) mass is 420 g/mol. The van der Waals surface area contributed by atoms with E-state index in [1.54, 1.807) is 33.9 Å². The Hall–Kier alpha value is -3.37. The Balaban J connectivity index is 1.44. The average molecular weight is 420 g/mol. The lowest BCUT2D eigenvalue weighted by atomic mass is 9.88. The number of alkyl halides is 3. The second-order valence-corrected chi connectivity index (χ2v) is 7.18. The number of aromatic nitrogens is 5. The molecule has 0 aromatic carbocycles. The van der Waals surface area contributed by atoms with Gasteiger partial charge in [-0.1, -0.05) is 0 Å². The molecule has 0 radical (unpaired) electrons. The van der Waals surface area contributed by atoms with Crippen LogP contribution in [0.15, 0.2) is 43.0 Å². The molecule has 0 bridgehead atoms. The van der Waals surface area contributed by atoms with E-state index in [1.165, 1.54) is 11.9 Å². The van der Waals surface area contributed by atoms with Gasteiger partial charge in [0, 0.05) is 56.9 Å². The molecule has 158 valence electrons. The SMILES string of the molecule is CN(C(=O)/C=C/C(F)(F)F)C1CC(Oc2nc(-c3cnn(C)c3)cn3nccc23)C1. The Kier molecular flexibility index (Phi) is 4.96. The van der Waals surface area contributed by atoms with Gasteiger partial charge in [-0.2, -0.15) is 23.4 Å². The van der Waals surface area contributed by atoms with Crippen LogP contribution in [0.4, 0.5) is 13.2 Å². The van der Waals surface area contributed by atoms with Gasteiger partial charge in [-0.15, -0.1) is 0 Å². The van der Waals surface area contributed by atoms with Crippen molar-refractivity contribution in [1.29, 1.82) is 0 Å². The van der Waals surface area contributed by atoms with Crippen LogP contribution in [0.2, 0.25) is 0 Å². The molecule has 1 fully saturated rings. The zero-order chi connectivity index (χ0) is 21.5. The van der Waals surface area contributed by atoms with Gasteiger partial charge in [0.1, 0.15) is 11.6 Å². The van der Waals surface area contributed by atoms with Crippen molar-refractivity contribution in [2.75, 3.05) is 7.05 Å². The number of fused-ring (bicyclic) bond motifs is 1. The van der Waals surface area contributed by atoms with Crippen LogP contribution in [0.25, 0.3) is 16.8 Å². The molecule has 8 nitrogen and oxygen atoms in total. The second-order valence-electron chi connectivity index (χ2n) is 7.18. The highest BCUT2D eigenvalue weighted by Crippen LogP contribution is 2.32. The summed E-state index contributed by atoms with van der Waals surface area (Å²) < 4.78 is 46.1. The third-order valence-electron chi connectivity index (χ3n) is 5.02. The second kappa shape index (κ2) is 7.47. The minimum atomic E-state index is -4.51. The number of aryl methyl sites for hydroxylation is 1. The molecule has 0 saturated heterocycles. The Morgan fingerprint density at radius 1 is 1.30 bits per heavy atom. The minimum Gasteiger partial charge on any atom is -0.473 e. The number of rotatable bonds is 5. The van der Waals surface area contributed by atoms with E-state index in [9.17, 15) is 18.0 Å². The van der Waals surface area contributed by atoms with E-state index in [0.717, 1.165) is 5.56 Å². The first-order valence-corrected chi connectivity index (χ1v) is 9.22.